The molecule has 10 rings (SSSR count). The fourth-order valence-corrected chi connectivity index (χ4v) is 7.71. The van der Waals surface area contributed by atoms with Gasteiger partial charge in [-0.15, -0.1) is 0 Å². The van der Waals surface area contributed by atoms with Crippen LogP contribution in [0.25, 0.3) is 100 Å². The number of pyridine rings is 1. The minimum atomic E-state index is 0.697. The number of aromatic nitrogens is 3. The first-order valence-electron chi connectivity index (χ1n) is 18.9. The van der Waals surface area contributed by atoms with Gasteiger partial charge >= 0.3 is 0 Å². The summed E-state index contributed by atoms with van der Waals surface area (Å²) in [5.74, 6) is 0.697. The molecule has 10 aromatic rings. The molecule has 2 aromatic heterocycles. The molecule has 0 N–H and O–H groups in total. The molecule has 0 amide bonds. The molecule has 0 aliphatic rings. The van der Waals surface area contributed by atoms with Crippen molar-refractivity contribution in [1.82, 2.24) is 15.0 Å². The smallest absolute Gasteiger partial charge is 0.160 e. The fourth-order valence-electron chi connectivity index (χ4n) is 7.71. The summed E-state index contributed by atoms with van der Waals surface area (Å²) in [7, 11) is 0. The molecule has 0 aliphatic carbocycles. The Morgan fingerprint density at radius 1 is 0.250 bits per heavy atom. The predicted octanol–water partition coefficient (Wildman–Crippen LogP) is 13.8. The van der Waals surface area contributed by atoms with Crippen LogP contribution in [0.4, 0.5) is 0 Å². The summed E-state index contributed by atoms with van der Waals surface area (Å²) in [5.41, 5.74) is 14.7. The van der Waals surface area contributed by atoms with Crippen LogP contribution in [0.3, 0.4) is 0 Å². The van der Waals surface area contributed by atoms with Crippen LogP contribution in [0.15, 0.2) is 212 Å². The van der Waals surface area contributed by atoms with E-state index in [1.807, 2.05) is 30.3 Å². The normalized spacial score (nSPS) is 11.2. The predicted molar refractivity (Wildman–Crippen MR) is 233 cm³/mol. The van der Waals surface area contributed by atoms with E-state index >= 15 is 0 Å². The van der Waals surface area contributed by atoms with Crippen molar-refractivity contribution in [3.8, 4) is 78.5 Å². The van der Waals surface area contributed by atoms with E-state index in [0.29, 0.717) is 5.82 Å². The zero-order valence-electron chi connectivity index (χ0n) is 30.5. The average molecular weight is 714 g/mol. The maximum absolute atomic E-state index is 5.32. The third-order valence-electron chi connectivity index (χ3n) is 10.5. The number of hydrogen-bond donors (Lipinski definition) is 0. The second-order valence-electron chi connectivity index (χ2n) is 14.0. The lowest BCUT2D eigenvalue weighted by Gasteiger charge is -2.16. The van der Waals surface area contributed by atoms with Gasteiger partial charge in [0.15, 0.2) is 5.82 Å². The van der Waals surface area contributed by atoms with Crippen molar-refractivity contribution in [1.29, 1.82) is 0 Å². The molecule has 0 radical (unpaired) electrons. The Balaban J connectivity index is 1.11. The van der Waals surface area contributed by atoms with Crippen molar-refractivity contribution in [3.05, 3.63) is 212 Å². The first-order chi connectivity index (χ1) is 27.7. The van der Waals surface area contributed by atoms with Gasteiger partial charge in [0.2, 0.25) is 0 Å². The van der Waals surface area contributed by atoms with E-state index in [9.17, 15) is 0 Å². The summed E-state index contributed by atoms with van der Waals surface area (Å²) in [6.07, 6.45) is 0. The molecule has 0 aliphatic heterocycles. The maximum atomic E-state index is 5.32. The molecule has 0 bridgehead atoms. The molecule has 56 heavy (non-hydrogen) atoms. The van der Waals surface area contributed by atoms with Crippen LogP contribution >= 0.6 is 0 Å². The lowest BCUT2D eigenvalue weighted by Crippen LogP contribution is -1.96. The van der Waals surface area contributed by atoms with Crippen molar-refractivity contribution in [2.75, 3.05) is 0 Å². The maximum Gasteiger partial charge on any atom is 0.160 e. The molecule has 3 nitrogen and oxygen atoms in total. The summed E-state index contributed by atoms with van der Waals surface area (Å²) in [4.78, 5) is 15.5. The Kier molecular flexibility index (Phi) is 8.51. The Morgan fingerprint density at radius 3 is 1.39 bits per heavy atom. The van der Waals surface area contributed by atoms with Crippen LogP contribution in [0, 0.1) is 0 Å². The molecule has 8 aromatic carbocycles. The standard InChI is InChI=1S/C53H35N3/c1-5-16-36(17-6-1)42-24-15-25-43(32-42)50-35-49(55-53(56-50)41-22-11-4-12-23-41)40-30-28-38(29-31-40)46-33-51-52(45-27-14-13-26-44(45)46)47(37-18-7-2-8-19-37)34-48(54-51)39-20-9-3-10-21-39/h1-35H. The molecular formula is C53H35N3. The summed E-state index contributed by atoms with van der Waals surface area (Å²) in [5, 5.41) is 3.53. The summed E-state index contributed by atoms with van der Waals surface area (Å²) >= 11 is 0. The van der Waals surface area contributed by atoms with Gasteiger partial charge in [0.25, 0.3) is 0 Å². The molecule has 0 spiro atoms. The van der Waals surface area contributed by atoms with Gasteiger partial charge in [-0.05, 0) is 68.4 Å². The minimum absolute atomic E-state index is 0.697. The first kappa shape index (κ1) is 33.1. The Hall–Kier alpha value is -7.49. The lowest BCUT2D eigenvalue weighted by molar-refractivity contribution is 1.18. The summed E-state index contributed by atoms with van der Waals surface area (Å²) in [6.45, 7) is 0. The number of hydrogen-bond acceptors (Lipinski definition) is 3. The van der Waals surface area contributed by atoms with Crippen molar-refractivity contribution >= 4 is 21.7 Å². The van der Waals surface area contributed by atoms with E-state index in [4.69, 9.17) is 15.0 Å². The quantitative estimate of drug-likeness (QED) is 0.154. The number of fused-ring (bicyclic) bond motifs is 3. The molecule has 2 heterocycles. The van der Waals surface area contributed by atoms with E-state index in [2.05, 4.69) is 182 Å². The van der Waals surface area contributed by atoms with Crippen LogP contribution in [-0.4, -0.2) is 15.0 Å². The van der Waals surface area contributed by atoms with E-state index in [-0.39, 0.29) is 0 Å². The zero-order valence-corrected chi connectivity index (χ0v) is 30.5. The molecule has 0 saturated heterocycles. The van der Waals surface area contributed by atoms with Crippen molar-refractivity contribution < 1.29 is 0 Å². The third kappa shape index (κ3) is 6.31. The van der Waals surface area contributed by atoms with Crippen molar-refractivity contribution in [2.45, 2.75) is 0 Å². The number of rotatable bonds is 7. The second-order valence-corrected chi connectivity index (χ2v) is 14.0. The molecule has 262 valence electrons. The van der Waals surface area contributed by atoms with E-state index in [1.54, 1.807) is 0 Å². The van der Waals surface area contributed by atoms with Crippen LogP contribution in [0.2, 0.25) is 0 Å². The fraction of sp³-hybridized carbons (Fsp3) is 0. The van der Waals surface area contributed by atoms with Gasteiger partial charge in [-0.1, -0.05) is 188 Å². The van der Waals surface area contributed by atoms with Crippen LogP contribution < -0.4 is 0 Å². The highest BCUT2D eigenvalue weighted by Crippen LogP contribution is 2.41. The molecule has 0 fully saturated rings. The van der Waals surface area contributed by atoms with Gasteiger partial charge in [-0.25, -0.2) is 15.0 Å². The SMILES string of the molecule is c1ccc(-c2cccc(-c3cc(-c4ccc(-c5cc6nc(-c7ccccc7)cc(-c7ccccc7)c6c6ccccc56)cc4)nc(-c4ccccc4)n3)c2)cc1. The second kappa shape index (κ2) is 14.4. The van der Waals surface area contributed by atoms with Crippen molar-refractivity contribution in [3.63, 3.8) is 0 Å². The minimum Gasteiger partial charge on any atom is -0.248 e. The largest absolute Gasteiger partial charge is 0.248 e. The van der Waals surface area contributed by atoms with Crippen LogP contribution in [0.1, 0.15) is 0 Å². The number of benzene rings is 8. The topological polar surface area (TPSA) is 38.7 Å². The van der Waals surface area contributed by atoms with E-state index < -0.39 is 0 Å². The van der Waals surface area contributed by atoms with Gasteiger partial charge in [-0.3, -0.25) is 0 Å². The monoisotopic (exact) mass is 713 g/mol. The molecular weight excluding hydrogens is 679 g/mol. The Morgan fingerprint density at radius 2 is 0.714 bits per heavy atom. The zero-order chi connectivity index (χ0) is 37.3. The van der Waals surface area contributed by atoms with Gasteiger partial charge < -0.3 is 0 Å². The van der Waals surface area contributed by atoms with Crippen LogP contribution in [-0.2, 0) is 0 Å². The highest BCUT2D eigenvalue weighted by atomic mass is 14.9. The van der Waals surface area contributed by atoms with Crippen molar-refractivity contribution in [2.24, 2.45) is 0 Å². The first-order valence-corrected chi connectivity index (χ1v) is 18.9. The lowest BCUT2D eigenvalue weighted by atomic mass is 9.90. The highest BCUT2D eigenvalue weighted by molar-refractivity contribution is 6.18. The summed E-state index contributed by atoms with van der Waals surface area (Å²) in [6, 6.07) is 74.5. The molecule has 0 atom stereocenters. The van der Waals surface area contributed by atoms with E-state index in [0.717, 1.165) is 66.9 Å². The molecule has 0 saturated carbocycles. The van der Waals surface area contributed by atoms with Crippen LogP contribution in [0.5, 0.6) is 0 Å². The molecule has 3 heteroatoms. The summed E-state index contributed by atoms with van der Waals surface area (Å²) < 4.78 is 0. The average Bonchev–Trinajstić information content (AvgIpc) is 3.29. The molecule has 0 unspecified atom stereocenters. The Labute approximate surface area is 326 Å². The Bertz CT molecular complexity index is 2980. The van der Waals surface area contributed by atoms with Gasteiger partial charge in [0.05, 0.1) is 22.6 Å². The number of nitrogens with zero attached hydrogens (tertiary/aromatic N) is 3. The van der Waals surface area contributed by atoms with Gasteiger partial charge in [0, 0.05) is 27.6 Å². The highest BCUT2D eigenvalue weighted by Gasteiger charge is 2.17. The van der Waals surface area contributed by atoms with Gasteiger partial charge in [0.1, 0.15) is 0 Å². The van der Waals surface area contributed by atoms with E-state index in [1.165, 1.54) is 27.5 Å². The third-order valence-corrected chi connectivity index (χ3v) is 10.5. The van der Waals surface area contributed by atoms with Gasteiger partial charge in [-0.2, -0.15) is 0 Å².